The zero-order valence-electron chi connectivity index (χ0n) is 19.2. The third kappa shape index (κ3) is 2.52. The van der Waals surface area contributed by atoms with Crippen LogP contribution >= 0.6 is 0 Å². The van der Waals surface area contributed by atoms with Crippen LogP contribution in [-0.4, -0.2) is 14.5 Å². The number of hydrogen-bond donors (Lipinski definition) is 0. The molecule has 0 unspecified atom stereocenters. The van der Waals surface area contributed by atoms with Crippen LogP contribution in [0.15, 0.2) is 103 Å². The van der Waals surface area contributed by atoms with E-state index in [-0.39, 0.29) is 5.41 Å². The third-order valence-electron chi connectivity index (χ3n) is 7.18. The molecule has 162 valence electrons. The summed E-state index contributed by atoms with van der Waals surface area (Å²) in [5.41, 5.74) is 8.30. The first-order valence-electron chi connectivity index (χ1n) is 11.7. The predicted octanol–water partition coefficient (Wildman–Crippen LogP) is 7.55. The van der Waals surface area contributed by atoms with Crippen molar-refractivity contribution in [3.8, 4) is 28.5 Å². The van der Waals surface area contributed by atoms with Crippen molar-refractivity contribution in [2.24, 2.45) is 0 Å². The van der Waals surface area contributed by atoms with Crippen molar-refractivity contribution in [3.05, 3.63) is 114 Å². The molecule has 0 saturated heterocycles. The molecule has 0 fully saturated rings. The zero-order chi connectivity index (χ0) is 22.9. The molecule has 4 aromatic carbocycles. The third-order valence-corrected chi connectivity index (χ3v) is 7.18. The van der Waals surface area contributed by atoms with E-state index in [1.54, 1.807) is 0 Å². The van der Waals surface area contributed by atoms with Crippen molar-refractivity contribution in [1.82, 2.24) is 14.5 Å². The summed E-state index contributed by atoms with van der Waals surface area (Å²) in [7, 11) is 0. The van der Waals surface area contributed by atoms with Gasteiger partial charge in [-0.05, 0) is 29.3 Å². The highest BCUT2D eigenvalue weighted by atomic mass is 15.1. The van der Waals surface area contributed by atoms with Crippen molar-refractivity contribution in [2.45, 2.75) is 19.3 Å². The van der Waals surface area contributed by atoms with Gasteiger partial charge in [-0.15, -0.1) is 0 Å². The van der Waals surface area contributed by atoms with Crippen LogP contribution in [0.1, 0.15) is 25.0 Å². The van der Waals surface area contributed by atoms with Crippen LogP contribution in [0.4, 0.5) is 0 Å². The molecule has 0 saturated carbocycles. The van der Waals surface area contributed by atoms with Gasteiger partial charge in [-0.2, -0.15) is 0 Å². The van der Waals surface area contributed by atoms with Gasteiger partial charge in [-0.25, -0.2) is 9.97 Å². The smallest absolute Gasteiger partial charge is 0.162 e. The zero-order valence-corrected chi connectivity index (χ0v) is 19.2. The molecule has 7 rings (SSSR count). The van der Waals surface area contributed by atoms with Crippen molar-refractivity contribution < 1.29 is 0 Å². The van der Waals surface area contributed by atoms with Gasteiger partial charge in [0, 0.05) is 27.3 Å². The van der Waals surface area contributed by atoms with Gasteiger partial charge in [0.15, 0.2) is 5.82 Å². The lowest BCUT2D eigenvalue weighted by Gasteiger charge is -2.21. The van der Waals surface area contributed by atoms with E-state index in [2.05, 4.69) is 97.3 Å². The molecule has 2 heterocycles. The maximum absolute atomic E-state index is 5.21. The number of rotatable bonds is 2. The fourth-order valence-electron chi connectivity index (χ4n) is 5.66. The van der Waals surface area contributed by atoms with E-state index in [0.717, 1.165) is 28.1 Å². The van der Waals surface area contributed by atoms with E-state index >= 15 is 0 Å². The Bertz CT molecular complexity index is 1730. The maximum atomic E-state index is 5.21. The van der Waals surface area contributed by atoms with Gasteiger partial charge in [0.05, 0.1) is 16.7 Å². The van der Waals surface area contributed by atoms with Crippen molar-refractivity contribution in [1.29, 1.82) is 0 Å². The van der Waals surface area contributed by atoms with E-state index in [0.29, 0.717) is 0 Å². The molecule has 1 aliphatic rings. The monoisotopic (exact) mass is 437 g/mol. The molecule has 0 N–H and O–H groups in total. The van der Waals surface area contributed by atoms with E-state index in [4.69, 9.17) is 9.97 Å². The summed E-state index contributed by atoms with van der Waals surface area (Å²) in [5, 5.41) is 2.33. The van der Waals surface area contributed by atoms with Crippen LogP contribution in [0.2, 0.25) is 0 Å². The summed E-state index contributed by atoms with van der Waals surface area (Å²) in [4.78, 5) is 10.2. The van der Waals surface area contributed by atoms with Crippen LogP contribution in [0.3, 0.4) is 0 Å². The number of fused-ring (bicyclic) bond motifs is 6. The summed E-state index contributed by atoms with van der Waals surface area (Å²) in [6, 6.07) is 36.1. The Labute approximate surface area is 198 Å². The lowest BCUT2D eigenvalue weighted by molar-refractivity contribution is 0.666. The number of nitrogens with zero attached hydrogens (tertiary/aromatic N) is 3. The van der Waals surface area contributed by atoms with Crippen LogP contribution in [0.5, 0.6) is 0 Å². The van der Waals surface area contributed by atoms with Gasteiger partial charge in [-0.3, -0.25) is 4.57 Å². The average Bonchev–Trinajstić information content (AvgIpc) is 3.35. The molecule has 2 aromatic heterocycles. The molecular formula is C31H23N3. The fourth-order valence-corrected chi connectivity index (χ4v) is 5.66. The SMILES string of the molecule is CC1(C)c2ccccc2-c2c1c1ccccc1n2-c1nc(-c2ccccc2)nc2ccccc12. The Hall–Kier alpha value is -4.24. The van der Waals surface area contributed by atoms with Crippen LogP contribution in [0.25, 0.3) is 50.3 Å². The molecule has 6 aromatic rings. The van der Waals surface area contributed by atoms with Gasteiger partial charge < -0.3 is 0 Å². The topological polar surface area (TPSA) is 30.7 Å². The van der Waals surface area contributed by atoms with Crippen molar-refractivity contribution in [3.63, 3.8) is 0 Å². The summed E-state index contributed by atoms with van der Waals surface area (Å²) < 4.78 is 2.37. The Morgan fingerprint density at radius 1 is 0.647 bits per heavy atom. The molecule has 0 radical (unpaired) electrons. The highest BCUT2D eigenvalue weighted by molar-refractivity contribution is 6.01. The summed E-state index contributed by atoms with van der Waals surface area (Å²) in [6.07, 6.45) is 0. The Balaban J connectivity index is 1.66. The van der Waals surface area contributed by atoms with Gasteiger partial charge in [0.2, 0.25) is 0 Å². The lowest BCUT2D eigenvalue weighted by Crippen LogP contribution is -2.14. The first-order chi connectivity index (χ1) is 16.6. The molecule has 0 amide bonds. The largest absolute Gasteiger partial charge is 0.293 e. The Morgan fingerprint density at radius 2 is 1.32 bits per heavy atom. The summed E-state index contributed by atoms with van der Waals surface area (Å²) in [5.74, 6) is 1.67. The molecule has 0 aliphatic heterocycles. The predicted molar refractivity (Wildman–Crippen MR) is 139 cm³/mol. The minimum atomic E-state index is -0.0954. The highest BCUT2D eigenvalue weighted by Gasteiger charge is 2.40. The minimum Gasteiger partial charge on any atom is -0.293 e. The first-order valence-corrected chi connectivity index (χ1v) is 11.7. The number of para-hydroxylation sites is 2. The van der Waals surface area contributed by atoms with Crippen LogP contribution in [-0.2, 0) is 5.41 Å². The summed E-state index contributed by atoms with van der Waals surface area (Å²) in [6.45, 7) is 4.67. The molecule has 0 spiro atoms. The number of hydrogen-bond acceptors (Lipinski definition) is 2. The first kappa shape index (κ1) is 19.2. The van der Waals surface area contributed by atoms with Gasteiger partial charge in [0.1, 0.15) is 5.82 Å². The molecule has 3 heteroatoms. The maximum Gasteiger partial charge on any atom is 0.162 e. The fraction of sp³-hybridized carbons (Fsp3) is 0.0968. The normalized spacial score (nSPS) is 13.8. The Morgan fingerprint density at radius 3 is 2.18 bits per heavy atom. The lowest BCUT2D eigenvalue weighted by atomic mass is 9.81. The second-order valence-electron chi connectivity index (χ2n) is 9.50. The number of benzene rings is 4. The van der Waals surface area contributed by atoms with Crippen LogP contribution in [0, 0.1) is 0 Å². The quantitative estimate of drug-likeness (QED) is 0.280. The molecule has 0 atom stereocenters. The van der Waals surface area contributed by atoms with Gasteiger partial charge in [0.25, 0.3) is 0 Å². The molecule has 0 bridgehead atoms. The van der Waals surface area contributed by atoms with Gasteiger partial charge in [-0.1, -0.05) is 98.8 Å². The van der Waals surface area contributed by atoms with E-state index in [1.807, 2.05) is 24.3 Å². The highest BCUT2D eigenvalue weighted by Crippen LogP contribution is 2.53. The molecule has 34 heavy (non-hydrogen) atoms. The summed E-state index contributed by atoms with van der Waals surface area (Å²) >= 11 is 0. The molecule has 1 aliphatic carbocycles. The van der Waals surface area contributed by atoms with Crippen molar-refractivity contribution in [2.75, 3.05) is 0 Å². The van der Waals surface area contributed by atoms with Gasteiger partial charge >= 0.3 is 0 Å². The standard InChI is InChI=1S/C31H23N3/c1-31(2)24-17-9-6-14-21(24)28-27(31)23-16-8-11-19-26(23)34(28)30-22-15-7-10-18-25(22)32-29(33-30)20-12-4-3-5-13-20/h3-19H,1-2H3. The van der Waals surface area contributed by atoms with Crippen LogP contribution < -0.4 is 0 Å². The second kappa shape index (κ2) is 6.88. The van der Waals surface area contributed by atoms with E-state index < -0.39 is 0 Å². The molecular weight excluding hydrogens is 414 g/mol. The minimum absolute atomic E-state index is 0.0954. The van der Waals surface area contributed by atoms with Crippen molar-refractivity contribution >= 4 is 21.8 Å². The Kier molecular flexibility index (Phi) is 3.89. The molecule has 3 nitrogen and oxygen atoms in total. The van der Waals surface area contributed by atoms with E-state index in [1.165, 1.54) is 33.3 Å². The second-order valence-corrected chi connectivity index (χ2v) is 9.50. The van der Waals surface area contributed by atoms with E-state index in [9.17, 15) is 0 Å². The number of aromatic nitrogens is 3. The average molecular weight is 438 g/mol.